The highest BCUT2D eigenvalue weighted by Gasteiger charge is 2.42. The van der Waals surface area contributed by atoms with Crippen LogP contribution < -0.4 is 0 Å². The Kier molecular flexibility index (Phi) is 2.67. The van der Waals surface area contributed by atoms with Crippen LogP contribution in [0, 0.1) is 0 Å². The SMILES string of the molecule is O[C@]12CC=C(c3ccccc3)O[C@H]1CCCC2. The minimum absolute atomic E-state index is 0.0172. The minimum atomic E-state index is -0.615. The fourth-order valence-electron chi connectivity index (χ4n) is 2.85. The Bertz CT molecular complexity index is 424. The molecule has 90 valence electrons. The van der Waals surface area contributed by atoms with E-state index in [0.29, 0.717) is 0 Å². The smallest absolute Gasteiger partial charge is 0.128 e. The monoisotopic (exact) mass is 230 g/mol. The standard InChI is InChI=1S/C15H18O2/c16-15-10-5-4-8-14(15)17-13(9-11-15)12-6-2-1-3-7-12/h1-3,6-7,9,14,16H,4-5,8,10-11H2/t14-,15+/m0/s1. The van der Waals surface area contributed by atoms with E-state index in [2.05, 4.69) is 12.1 Å². The van der Waals surface area contributed by atoms with E-state index in [0.717, 1.165) is 43.4 Å². The molecule has 2 nitrogen and oxygen atoms in total. The maximum Gasteiger partial charge on any atom is 0.128 e. The molecule has 3 rings (SSSR count). The van der Waals surface area contributed by atoms with Crippen molar-refractivity contribution in [2.24, 2.45) is 0 Å². The van der Waals surface area contributed by atoms with Gasteiger partial charge in [-0.2, -0.15) is 0 Å². The van der Waals surface area contributed by atoms with Gasteiger partial charge < -0.3 is 9.84 Å². The molecule has 2 heteroatoms. The van der Waals surface area contributed by atoms with E-state index >= 15 is 0 Å². The molecule has 1 aliphatic heterocycles. The molecule has 1 N–H and O–H groups in total. The van der Waals surface area contributed by atoms with E-state index in [1.54, 1.807) is 0 Å². The second kappa shape index (κ2) is 4.19. The first-order valence-electron chi connectivity index (χ1n) is 6.43. The Morgan fingerprint density at radius 3 is 2.82 bits per heavy atom. The lowest BCUT2D eigenvalue weighted by atomic mass is 9.78. The van der Waals surface area contributed by atoms with Crippen LogP contribution in [0.4, 0.5) is 0 Å². The molecule has 1 fully saturated rings. The van der Waals surface area contributed by atoms with Crippen LogP contribution in [0.2, 0.25) is 0 Å². The predicted molar refractivity (Wildman–Crippen MR) is 67.3 cm³/mol. The topological polar surface area (TPSA) is 29.5 Å². The van der Waals surface area contributed by atoms with Gasteiger partial charge in [-0.1, -0.05) is 36.8 Å². The summed E-state index contributed by atoms with van der Waals surface area (Å²) in [5, 5.41) is 10.5. The van der Waals surface area contributed by atoms with E-state index in [4.69, 9.17) is 4.74 Å². The summed E-state index contributed by atoms with van der Waals surface area (Å²) in [6.45, 7) is 0. The molecule has 1 aromatic carbocycles. The predicted octanol–water partition coefficient (Wildman–Crippen LogP) is 3.12. The summed E-state index contributed by atoms with van der Waals surface area (Å²) in [6, 6.07) is 10.1. The Labute approximate surface area is 102 Å². The number of benzene rings is 1. The van der Waals surface area contributed by atoms with Crippen molar-refractivity contribution in [2.45, 2.75) is 43.8 Å². The van der Waals surface area contributed by atoms with E-state index < -0.39 is 5.60 Å². The highest BCUT2D eigenvalue weighted by atomic mass is 16.5. The van der Waals surface area contributed by atoms with Gasteiger partial charge in [-0.3, -0.25) is 0 Å². The summed E-state index contributed by atoms with van der Waals surface area (Å²) in [4.78, 5) is 0. The zero-order valence-electron chi connectivity index (χ0n) is 9.93. The average molecular weight is 230 g/mol. The van der Waals surface area contributed by atoms with Gasteiger partial charge in [0.05, 0.1) is 0 Å². The summed E-state index contributed by atoms with van der Waals surface area (Å²) in [6.07, 6.45) is 6.87. The van der Waals surface area contributed by atoms with Crippen molar-refractivity contribution in [3.05, 3.63) is 42.0 Å². The van der Waals surface area contributed by atoms with Crippen LogP contribution in [0.3, 0.4) is 0 Å². The fraction of sp³-hybridized carbons (Fsp3) is 0.467. The van der Waals surface area contributed by atoms with E-state index in [-0.39, 0.29) is 6.10 Å². The number of fused-ring (bicyclic) bond motifs is 1. The molecule has 1 aromatic rings. The van der Waals surface area contributed by atoms with Crippen molar-refractivity contribution >= 4 is 5.76 Å². The third-order valence-electron chi connectivity index (χ3n) is 3.89. The Balaban J connectivity index is 1.86. The van der Waals surface area contributed by atoms with E-state index in [9.17, 15) is 5.11 Å². The van der Waals surface area contributed by atoms with Crippen molar-refractivity contribution in [2.75, 3.05) is 0 Å². The normalized spacial score (nSPS) is 32.3. The molecular weight excluding hydrogens is 212 g/mol. The van der Waals surface area contributed by atoms with Crippen molar-refractivity contribution in [1.29, 1.82) is 0 Å². The Morgan fingerprint density at radius 1 is 1.18 bits per heavy atom. The molecule has 0 amide bonds. The van der Waals surface area contributed by atoms with Gasteiger partial charge in [-0.25, -0.2) is 0 Å². The van der Waals surface area contributed by atoms with Gasteiger partial charge in [-0.05, 0) is 25.3 Å². The maximum atomic E-state index is 10.5. The third-order valence-corrected chi connectivity index (χ3v) is 3.89. The van der Waals surface area contributed by atoms with E-state index in [1.165, 1.54) is 0 Å². The summed E-state index contributed by atoms with van der Waals surface area (Å²) < 4.78 is 5.99. The molecular formula is C15H18O2. The Morgan fingerprint density at radius 2 is 2.00 bits per heavy atom. The summed E-state index contributed by atoms with van der Waals surface area (Å²) in [7, 11) is 0. The lowest BCUT2D eigenvalue weighted by Gasteiger charge is -2.42. The molecule has 0 spiro atoms. The van der Waals surface area contributed by atoms with Crippen LogP contribution in [-0.4, -0.2) is 16.8 Å². The molecule has 0 unspecified atom stereocenters. The summed E-state index contributed by atoms with van der Waals surface area (Å²) in [5.41, 5.74) is 0.497. The van der Waals surface area contributed by atoms with Crippen LogP contribution in [0.5, 0.6) is 0 Å². The first-order valence-corrected chi connectivity index (χ1v) is 6.43. The second-order valence-corrected chi connectivity index (χ2v) is 5.09. The number of aliphatic hydroxyl groups is 1. The molecule has 0 aromatic heterocycles. The summed E-state index contributed by atoms with van der Waals surface area (Å²) >= 11 is 0. The molecule has 0 bridgehead atoms. The van der Waals surface area contributed by atoms with Crippen molar-refractivity contribution in [3.8, 4) is 0 Å². The highest BCUT2D eigenvalue weighted by molar-refractivity contribution is 5.60. The molecule has 0 radical (unpaired) electrons. The largest absolute Gasteiger partial charge is 0.487 e. The van der Waals surface area contributed by atoms with Gasteiger partial charge in [0, 0.05) is 12.0 Å². The van der Waals surface area contributed by atoms with Crippen LogP contribution in [0.15, 0.2) is 36.4 Å². The van der Waals surface area contributed by atoms with Crippen LogP contribution in [0.25, 0.3) is 5.76 Å². The van der Waals surface area contributed by atoms with E-state index in [1.807, 2.05) is 24.3 Å². The molecule has 17 heavy (non-hydrogen) atoms. The number of rotatable bonds is 1. The van der Waals surface area contributed by atoms with Crippen LogP contribution in [0.1, 0.15) is 37.7 Å². The van der Waals surface area contributed by atoms with Gasteiger partial charge in [0.1, 0.15) is 17.5 Å². The van der Waals surface area contributed by atoms with Gasteiger partial charge in [-0.15, -0.1) is 0 Å². The molecule has 0 saturated heterocycles. The third kappa shape index (κ3) is 1.98. The quantitative estimate of drug-likeness (QED) is 0.803. The molecule has 2 aliphatic rings. The Hall–Kier alpha value is -1.28. The first-order chi connectivity index (χ1) is 8.28. The lowest BCUT2D eigenvalue weighted by molar-refractivity contribution is -0.104. The van der Waals surface area contributed by atoms with Gasteiger partial charge >= 0.3 is 0 Å². The molecule has 1 saturated carbocycles. The lowest BCUT2D eigenvalue weighted by Crippen LogP contribution is -2.47. The molecule has 2 atom stereocenters. The van der Waals surface area contributed by atoms with Gasteiger partial charge in [0.25, 0.3) is 0 Å². The maximum absolute atomic E-state index is 10.5. The zero-order chi connectivity index (χ0) is 11.7. The van der Waals surface area contributed by atoms with Crippen molar-refractivity contribution < 1.29 is 9.84 Å². The van der Waals surface area contributed by atoms with Gasteiger partial charge in [0.15, 0.2) is 0 Å². The molecule has 1 heterocycles. The minimum Gasteiger partial charge on any atom is -0.487 e. The van der Waals surface area contributed by atoms with Crippen LogP contribution >= 0.6 is 0 Å². The van der Waals surface area contributed by atoms with Crippen molar-refractivity contribution in [3.63, 3.8) is 0 Å². The van der Waals surface area contributed by atoms with Gasteiger partial charge in [0.2, 0.25) is 0 Å². The highest BCUT2D eigenvalue weighted by Crippen LogP contribution is 2.40. The second-order valence-electron chi connectivity index (χ2n) is 5.09. The number of ether oxygens (including phenoxy) is 1. The molecule has 1 aliphatic carbocycles. The fourth-order valence-corrected chi connectivity index (χ4v) is 2.85. The van der Waals surface area contributed by atoms with Crippen molar-refractivity contribution in [1.82, 2.24) is 0 Å². The summed E-state index contributed by atoms with van der Waals surface area (Å²) in [5.74, 6) is 0.933. The first kappa shape index (κ1) is 10.8. The number of hydrogen-bond acceptors (Lipinski definition) is 2. The average Bonchev–Trinajstić information content (AvgIpc) is 2.39. The number of hydrogen-bond donors (Lipinski definition) is 1. The zero-order valence-corrected chi connectivity index (χ0v) is 9.93. The van der Waals surface area contributed by atoms with Crippen LogP contribution in [-0.2, 0) is 4.74 Å².